The summed E-state index contributed by atoms with van der Waals surface area (Å²) in [5.74, 6) is 0. The van der Waals surface area contributed by atoms with E-state index in [1.54, 1.807) is 0 Å². The zero-order chi connectivity index (χ0) is 11.5. The maximum Gasteiger partial charge on any atom is 0.0908 e. The van der Waals surface area contributed by atoms with Crippen LogP contribution in [-0.2, 0) is 6.54 Å². The molecule has 1 aromatic carbocycles. The predicted molar refractivity (Wildman–Crippen MR) is 69.0 cm³/mol. The van der Waals surface area contributed by atoms with E-state index in [1.807, 2.05) is 42.2 Å². The van der Waals surface area contributed by atoms with Crippen molar-refractivity contribution in [3.8, 4) is 5.69 Å². The second kappa shape index (κ2) is 4.99. The van der Waals surface area contributed by atoms with Gasteiger partial charge in [-0.1, -0.05) is 17.7 Å². The molecule has 0 radical (unpaired) electrons. The lowest BCUT2D eigenvalue weighted by Gasteiger charge is -2.01. The van der Waals surface area contributed by atoms with E-state index in [4.69, 9.17) is 11.6 Å². The Bertz CT molecular complexity index is 496. The van der Waals surface area contributed by atoms with E-state index in [9.17, 15) is 0 Å². The summed E-state index contributed by atoms with van der Waals surface area (Å²) in [5.41, 5.74) is 1.93. The number of halogens is 2. The Balaban J connectivity index is 2.37. The van der Waals surface area contributed by atoms with Crippen molar-refractivity contribution >= 4 is 27.5 Å². The first-order chi connectivity index (χ1) is 7.70. The van der Waals surface area contributed by atoms with Gasteiger partial charge in [0, 0.05) is 17.8 Å². The van der Waals surface area contributed by atoms with Crippen LogP contribution in [0.25, 0.3) is 5.69 Å². The largest absolute Gasteiger partial charge is 0.314 e. The molecule has 0 amide bonds. The maximum absolute atomic E-state index is 5.94. The molecule has 0 fully saturated rings. The Kier molecular flexibility index (Phi) is 3.63. The number of aromatic nitrogens is 2. The van der Waals surface area contributed by atoms with E-state index in [1.165, 1.54) is 0 Å². The summed E-state index contributed by atoms with van der Waals surface area (Å²) in [5, 5.41) is 8.24. The van der Waals surface area contributed by atoms with Crippen molar-refractivity contribution in [3.05, 3.63) is 45.7 Å². The molecule has 16 heavy (non-hydrogen) atoms. The molecule has 1 aromatic heterocycles. The lowest BCUT2D eigenvalue weighted by atomic mass is 10.3. The molecule has 5 heteroatoms. The van der Waals surface area contributed by atoms with Crippen LogP contribution in [0.5, 0.6) is 0 Å². The lowest BCUT2D eigenvalue weighted by molar-refractivity contribution is 0.755. The molecule has 0 atom stereocenters. The number of nitrogens with one attached hydrogen (secondary N) is 1. The van der Waals surface area contributed by atoms with Gasteiger partial charge in [-0.2, -0.15) is 5.10 Å². The van der Waals surface area contributed by atoms with Gasteiger partial charge < -0.3 is 5.32 Å². The van der Waals surface area contributed by atoms with E-state index >= 15 is 0 Å². The molecule has 0 aliphatic carbocycles. The van der Waals surface area contributed by atoms with Crippen LogP contribution in [0.3, 0.4) is 0 Å². The first kappa shape index (κ1) is 11.6. The Morgan fingerprint density at radius 3 is 3.00 bits per heavy atom. The zero-order valence-corrected chi connectivity index (χ0v) is 11.1. The van der Waals surface area contributed by atoms with E-state index < -0.39 is 0 Å². The van der Waals surface area contributed by atoms with E-state index in [2.05, 4.69) is 26.3 Å². The molecule has 0 aliphatic rings. The molecule has 84 valence electrons. The summed E-state index contributed by atoms with van der Waals surface area (Å²) < 4.78 is 2.80. The molecule has 0 aliphatic heterocycles. The highest BCUT2D eigenvalue weighted by molar-refractivity contribution is 9.10. The molecular weight excluding hydrogens is 289 g/mol. The van der Waals surface area contributed by atoms with Gasteiger partial charge >= 0.3 is 0 Å². The summed E-state index contributed by atoms with van der Waals surface area (Å²) in [4.78, 5) is 0. The van der Waals surface area contributed by atoms with Crippen LogP contribution in [-0.4, -0.2) is 16.8 Å². The molecule has 0 unspecified atom stereocenters. The minimum atomic E-state index is 0.708. The highest BCUT2D eigenvalue weighted by Gasteiger charge is 2.06. The highest BCUT2D eigenvalue weighted by atomic mass is 79.9. The number of benzene rings is 1. The number of rotatable bonds is 3. The third-order valence-electron chi connectivity index (χ3n) is 2.16. The first-order valence-corrected chi connectivity index (χ1v) is 6.02. The average molecular weight is 301 g/mol. The van der Waals surface area contributed by atoms with Crippen molar-refractivity contribution < 1.29 is 0 Å². The molecule has 0 saturated heterocycles. The fraction of sp³-hybridized carbons (Fsp3) is 0.182. The SMILES string of the molecule is CNCc1nn(-c2cccc(Cl)c2)cc1Br. The summed E-state index contributed by atoms with van der Waals surface area (Å²) in [6, 6.07) is 7.60. The number of nitrogens with zero attached hydrogens (tertiary/aromatic N) is 2. The van der Waals surface area contributed by atoms with Crippen LogP contribution >= 0.6 is 27.5 Å². The Morgan fingerprint density at radius 2 is 2.31 bits per heavy atom. The molecule has 2 aromatic rings. The van der Waals surface area contributed by atoms with Crippen LogP contribution in [0, 0.1) is 0 Å². The number of hydrogen-bond acceptors (Lipinski definition) is 2. The summed E-state index contributed by atoms with van der Waals surface area (Å²) >= 11 is 9.41. The molecule has 1 N–H and O–H groups in total. The molecule has 2 rings (SSSR count). The standard InChI is InChI=1S/C11H11BrClN3/c1-14-6-11-10(12)7-16(15-11)9-4-2-3-8(13)5-9/h2-5,7,14H,6H2,1H3. The Morgan fingerprint density at radius 1 is 1.50 bits per heavy atom. The molecule has 0 spiro atoms. The normalized spacial score (nSPS) is 10.7. The van der Waals surface area contributed by atoms with Crippen LogP contribution in [0.15, 0.2) is 34.9 Å². The van der Waals surface area contributed by atoms with Gasteiger partial charge in [-0.05, 0) is 41.2 Å². The van der Waals surface area contributed by atoms with E-state index in [0.717, 1.165) is 22.4 Å². The number of hydrogen-bond donors (Lipinski definition) is 1. The van der Waals surface area contributed by atoms with Crippen molar-refractivity contribution in [2.45, 2.75) is 6.54 Å². The molecule has 0 bridgehead atoms. The van der Waals surface area contributed by atoms with Crippen LogP contribution in [0.2, 0.25) is 5.02 Å². The molecule has 1 heterocycles. The van der Waals surface area contributed by atoms with Crippen molar-refractivity contribution in [3.63, 3.8) is 0 Å². The smallest absolute Gasteiger partial charge is 0.0908 e. The van der Waals surface area contributed by atoms with Gasteiger partial charge in [0.2, 0.25) is 0 Å². The predicted octanol–water partition coefficient (Wildman–Crippen LogP) is 3.01. The third kappa shape index (κ3) is 2.45. The maximum atomic E-state index is 5.94. The molecule has 3 nitrogen and oxygen atoms in total. The van der Waals surface area contributed by atoms with Crippen molar-refractivity contribution in [2.24, 2.45) is 0 Å². The van der Waals surface area contributed by atoms with E-state index in [-0.39, 0.29) is 0 Å². The average Bonchev–Trinajstić information content (AvgIpc) is 2.61. The van der Waals surface area contributed by atoms with Gasteiger partial charge in [0.25, 0.3) is 0 Å². The van der Waals surface area contributed by atoms with Crippen molar-refractivity contribution in [1.29, 1.82) is 0 Å². The lowest BCUT2D eigenvalue weighted by Crippen LogP contribution is -2.06. The van der Waals surface area contributed by atoms with Gasteiger partial charge in [0.05, 0.1) is 15.9 Å². The third-order valence-corrected chi connectivity index (χ3v) is 3.05. The summed E-state index contributed by atoms with van der Waals surface area (Å²) in [6.45, 7) is 0.730. The Hall–Kier alpha value is -0.840. The molecular formula is C11H11BrClN3. The van der Waals surface area contributed by atoms with Crippen LogP contribution < -0.4 is 5.32 Å². The van der Waals surface area contributed by atoms with Gasteiger partial charge in [0.1, 0.15) is 0 Å². The van der Waals surface area contributed by atoms with Crippen LogP contribution in [0.4, 0.5) is 0 Å². The fourth-order valence-electron chi connectivity index (χ4n) is 1.43. The minimum Gasteiger partial charge on any atom is -0.314 e. The van der Waals surface area contributed by atoms with Crippen LogP contribution in [0.1, 0.15) is 5.69 Å². The monoisotopic (exact) mass is 299 g/mol. The zero-order valence-electron chi connectivity index (χ0n) is 8.74. The molecule has 0 saturated carbocycles. The van der Waals surface area contributed by atoms with Crippen molar-refractivity contribution in [1.82, 2.24) is 15.1 Å². The second-order valence-electron chi connectivity index (χ2n) is 3.38. The second-order valence-corrected chi connectivity index (χ2v) is 4.67. The van der Waals surface area contributed by atoms with Gasteiger partial charge in [-0.25, -0.2) is 4.68 Å². The summed E-state index contributed by atoms with van der Waals surface area (Å²) in [6.07, 6.45) is 1.93. The van der Waals surface area contributed by atoms with E-state index in [0.29, 0.717) is 5.02 Å². The topological polar surface area (TPSA) is 29.9 Å². The summed E-state index contributed by atoms with van der Waals surface area (Å²) in [7, 11) is 1.89. The Labute approximate surface area is 108 Å². The first-order valence-electron chi connectivity index (χ1n) is 4.85. The fourth-order valence-corrected chi connectivity index (χ4v) is 2.02. The van der Waals surface area contributed by atoms with Gasteiger partial charge in [0.15, 0.2) is 0 Å². The van der Waals surface area contributed by atoms with Gasteiger partial charge in [-0.15, -0.1) is 0 Å². The quantitative estimate of drug-likeness (QED) is 0.944. The minimum absolute atomic E-state index is 0.708. The van der Waals surface area contributed by atoms with Crippen molar-refractivity contribution in [2.75, 3.05) is 7.05 Å². The van der Waals surface area contributed by atoms with Gasteiger partial charge in [-0.3, -0.25) is 0 Å². The highest BCUT2D eigenvalue weighted by Crippen LogP contribution is 2.19.